The first-order valence-corrected chi connectivity index (χ1v) is 4.76. The van der Waals surface area contributed by atoms with Gasteiger partial charge in [-0.2, -0.15) is 0 Å². The number of hydrogen-bond donors (Lipinski definition) is 0. The molecule has 0 spiro atoms. The van der Waals surface area contributed by atoms with Crippen molar-refractivity contribution in [3.63, 3.8) is 0 Å². The van der Waals surface area contributed by atoms with Gasteiger partial charge in [0.1, 0.15) is 0 Å². The van der Waals surface area contributed by atoms with Gasteiger partial charge in [0.2, 0.25) is 0 Å². The van der Waals surface area contributed by atoms with Gasteiger partial charge in [0.15, 0.2) is 0 Å². The van der Waals surface area contributed by atoms with Gasteiger partial charge < -0.3 is 4.48 Å². The Hall–Kier alpha value is -0.0400. The molecule has 0 aliphatic carbocycles. The molecule has 0 aromatic carbocycles. The third-order valence-corrected chi connectivity index (χ3v) is 1.56. The Morgan fingerprint density at radius 1 is 1.09 bits per heavy atom. The number of hydrogen-bond acceptors (Lipinski definition) is 0. The van der Waals surface area contributed by atoms with E-state index in [0.29, 0.717) is 0 Å². The molecule has 1 atom stereocenters. The van der Waals surface area contributed by atoms with E-state index in [0.717, 1.165) is 10.4 Å². The summed E-state index contributed by atoms with van der Waals surface area (Å²) in [6.07, 6.45) is 1.30. The predicted molar refractivity (Wildman–Crippen MR) is 53.7 cm³/mol. The molecule has 70 valence electrons. The molecule has 0 rings (SSSR count). The van der Waals surface area contributed by atoms with Crippen LogP contribution in [0.5, 0.6) is 0 Å². The molecule has 11 heavy (non-hydrogen) atoms. The smallest absolute Gasteiger partial charge is 0.0806 e. The lowest BCUT2D eigenvalue weighted by Crippen LogP contribution is -2.38. The van der Waals surface area contributed by atoms with E-state index in [1.54, 1.807) is 0 Å². The summed E-state index contributed by atoms with van der Waals surface area (Å²) in [7, 11) is 6.73. The number of rotatable bonds is 3. The van der Waals surface area contributed by atoms with E-state index in [2.05, 4.69) is 35.0 Å². The second-order valence-electron chi connectivity index (χ2n) is 3.99. The van der Waals surface area contributed by atoms with Crippen molar-refractivity contribution in [3.05, 3.63) is 0 Å². The molecule has 0 saturated carbocycles. The van der Waals surface area contributed by atoms with Gasteiger partial charge in [0, 0.05) is 5.92 Å². The summed E-state index contributed by atoms with van der Waals surface area (Å²) in [6.45, 7) is 9.85. The van der Waals surface area contributed by atoms with Crippen LogP contribution in [-0.4, -0.2) is 32.2 Å². The third-order valence-electron chi connectivity index (χ3n) is 1.56. The minimum absolute atomic E-state index is 0.866. The average Bonchev–Trinajstić information content (AvgIpc) is 1.89. The van der Waals surface area contributed by atoms with Crippen LogP contribution < -0.4 is 0 Å². The summed E-state index contributed by atoms with van der Waals surface area (Å²) in [5.74, 6) is 0.866. The zero-order chi connectivity index (χ0) is 9.49. The van der Waals surface area contributed by atoms with Crippen molar-refractivity contribution in [2.24, 2.45) is 5.92 Å². The third kappa shape index (κ3) is 13.0. The van der Waals surface area contributed by atoms with Crippen molar-refractivity contribution in [1.82, 2.24) is 0 Å². The maximum absolute atomic E-state index is 2.31. The zero-order valence-corrected chi connectivity index (χ0v) is 9.44. The highest BCUT2D eigenvalue weighted by molar-refractivity contribution is 4.44. The SMILES string of the molecule is CC.CCC(C)C[N+](C)(C)C. The molecule has 1 nitrogen and oxygen atoms in total. The molecule has 0 fully saturated rings. The highest BCUT2D eigenvalue weighted by atomic mass is 15.3. The Balaban J connectivity index is 0. The quantitative estimate of drug-likeness (QED) is 0.557. The summed E-state index contributed by atoms with van der Waals surface area (Å²) in [5.41, 5.74) is 0. The molecule has 0 bridgehead atoms. The minimum atomic E-state index is 0.866. The van der Waals surface area contributed by atoms with Crippen LogP contribution in [0.4, 0.5) is 0 Å². The Morgan fingerprint density at radius 2 is 1.45 bits per heavy atom. The van der Waals surface area contributed by atoms with Gasteiger partial charge in [-0.25, -0.2) is 0 Å². The summed E-state index contributed by atoms with van der Waals surface area (Å²) in [4.78, 5) is 0. The fraction of sp³-hybridized carbons (Fsp3) is 1.00. The zero-order valence-electron chi connectivity index (χ0n) is 9.44. The molecule has 0 heterocycles. The van der Waals surface area contributed by atoms with Crippen LogP contribution in [-0.2, 0) is 0 Å². The largest absolute Gasteiger partial charge is 0.331 e. The molecular weight excluding hydrogens is 134 g/mol. The molecule has 0 aromatic rings. The summed E-state index contributed by atoms with van der Waals surface area (Å²) >= 11 is 0. The minimum Gasteiger partial charge on any atom is -0.331 e. The fourth-order valence-corrected chi connectivity index (χ4v) is 1.06. The normalized spacial score (nSPS) is 13.4. The highest BCUT2D eigenvalue weighted by Gasteiger charge is 2.10. The molecule has 1 heteroatoms. The average molecular weight is 160 g/mol. The molecule has 0 saturated heterocycles. The number of nitrogens with zero attached hydrogens (tertiary/aromatic N) is 1. The van der Waals surface area contributed by atoms with Gasteiger partial charge in [0.05, 0.1) is 27.7 Å². The Bertz CT molecular complexity index is 71.4. The maximum atomic E-state index is 2.31. The van der Waals surface area contributed by atoms with Crippen molar-refractivity contribution in [3.8, 4) is 0 Å². The molecular formula is C10H26N+. The monoisotopic (exact) mass is 160 g/mol. The van der Waals surface area contributed by atoms with E-state index >= 15 is 0 Å². The second-order valence-corrected chi connectivity index (χ2v) is 3.99. The van der Waals surface area contributed by atoms with E-state index < -0.39 is 0 Å². The topological polar surface area (TPSA) is 0 Å². The molecule has 0 aliphatic rings. The van der Waals surface area contributed by atoms with Gasteiger partial charge in [-0.05, 0) is 6.42 Å². The Morgan fingerprint density at radius 3 is 1.55 bits per heavy atom. The Labute approximate surface area is 73.0 Å². The molecule has 0 aromatic heterocycles. The van der Waals surface area contributed by atoms with Crippen molar-refractivity contribution in [2.45, 2.75) is 34.1 Å². The van der Waals surface area contributed by atoms with Crippen LogP contribution in [0.2, 0.25) is 0 Å². The molecule has 0 aliphatic heterocycles. The van der Waals surface area contributed by atoms with Crippen LogP contribution >= 0.6 is 0 Å². The first kappa shape index (κ1) is 13.5. The van der Waals surface area contributed by atoms with Crippen LogP contribution in [0.15, 0.2) is 0 Å². The summed E-state index contributed by atoms with van der Waals surface area (Å²) in [6, 6.07) is 0. The van der Waals surface area contributed by atoms with Crippen molar-refractivity contribution in [1.29, 1.82) is 0 Å². The molecule has 0 N–H and O–H groups in total. The van der Waals surface area contributed by atoms with Gasteiger partial charge in [-0.15, -0.1) is 0 Å². The van der Waals surface area contributed by atoms with Gasteiger partial charge in [-0.3, -0.25) is 0 Å². The van der Waals surface area contributed by atoms with E-state index in [1.165, 1.54) is 13.0 Å². The lowest BCUT2D eigenvalue weighted by Gasteiger charge is -2.26. The maximum Gasteiger partial charge on any atom is 0.0806 e. The van der Waals surface area contributed by atoms with E-state index in [-0.39, 0.29) is 0 Å². The van der Waals surface area contributed by atoms with Crippen LogP contribution in [0, 0.1) is 5.92 Å². The molecule has 1 unspecified atom stereocenters. The van der Waals surface area contributed by atoms with Crippen molar-refractivity contribution >= 4 is 0 Å². The lowest BCUT2D eigenvalue weighted by molar-refractivity contribution is -0.873. The van der Waals surface area contributed by atoms with Crippen molar-refractivity contribution < 1.29 is 4.48 Å². The van der Waals surface area contributed by atoms with E-state index in [9.17, 15) is 0 Å². The molecule has 0 radical (unpaired) electrons. The van der Waals surface area contributed by atoms with Gasteiger partial charge in [-0.1, -0.05) is 27.7 Å². The lowest BCUT2D eigenvalue weighted by atomic mass is 10.1. The molecule has 0 amide bonds. The van der Waals surface area contributed by atoms with E-state index in [4.69, 9.17) is 0 Å². The van der Waals surface area contributed by atoms with Crippen LogP contribution in [0.1, 0.15) is 34.1 Å². The van der Waals surface area contributed by atoms with Crippen molar-refractivity contribution in [2.75, 3.05) is 27.7 Å². The predicted octanol–water partition coefficient (Wildman–Crippen LogP) is 2.76. The first-order valence-electron chi connectivity index (χ1n) is 4.76. The highest BCUT2D eigenvalue weighted by Crippen LogP contribution is 2.04. The first-order chi connectivity index (χ1) is 4.95. The summed E-state index contributed by atoms with van der Waals surface area (Å²) < 4.78 is 1.09. The van der Waals surface area contributed by atoms with Crippen LogP contribution in [0.25, 0.3) is 0 Å². The second kappa shape index (κ2) is 6.66. The van der Waals surface area contributed by atoms with E-state index in [1.807, 2.05) is 13.8 Å². The standard InChI is InChI=1S/C8H20N.C2H6/c1-6-8(2)7-9(3,4)5;1-2/h8H,6-7H2,1-5H3;1-2H3/q+1;. The van der Waals surface area contributed by atoms with Crippen LogP contribution in [0.3, 0.4) is 0 Å². The Kier molecular flexibility index (Phi) is 8.20. The van der Waals surface area contributed by atoms with Gasteiger partial charge >= 0.3 is 0 Å². The fourth-order valence-electron chi connectivity index (χ4n) is 1.06. The number of quaternary nitrogens is 1. The van der Waals surface area contributed by atoms with Gasteiger partial charge in [0.25, 0.3) is 0 Å². The summed E-state index contributed by atoms with van der Waals surface area (Å²) in [5, 5.41) is 0.